The fourth-order valence-electron chi connectivity index (χ4n) is 1.28. The molecule has 0 aliphatic heterocycles. The van der Waals surface area contributed by atoms with Gasteiger partial charge < -0.3 is 14.9 Å². The molecule has 2 heterocycles. The van der Waals surface area contributed by atoms with Crippen molar-refractivity contribution >= 4 is 23.2 Å². The molecular formula is C9H8Cl2N4O3. The summed E-state index contributed by atoms with van der Waals surface area (Å²) < 4.78 is 6.43. The molecule has 0 aromatic carbocycles. The van der Waals surface area contributed by atoms with Gasteiger partial charge in [0.25, 0.3) is 0 Å². The Kier molecular flexibility index (Phi) is 3.73. The van der Waals surface area contributed by atoms with Crippen LogP contribution in [0.1, 0.15) is 0 Å². The lowest BCUT2D eigenvalue weighted by Crippen LogP contribution is -2.09. The van der Waals surface area contributed by atoms with Gasteiger partial charge in [-0.25, -0.2) is 0 Å². The van der Waals surface area contributed by atoms with Crippen LogP contribution in [0.5, 0.6) is 17.8 Å². The third-order valence-corrected chi connectivity index (χ3v) is 2.38. The van der Waals surface area contributed by atoms with Crippen molar-refractivity contribution in [1.29, 1.82) is 0 Å². The quantitative estimate of drug-likeness (QED) is 0.886. The molecule has 96 valence electrons. The molecule has 9 heteroatoms. The molecule has 0 aliphatic rings. The van der Waals surface area contributed by atoms with E-state index in [-0.39, 0.29) is 41.5 Å². The molecule has 0 saturated heterocycles. The third kappa shape index (κ3) is 2.93. The van der Waals surface area contributed by atoms with Crippen molar-refractivity contribution < 1.29 is 14.9 Å². The normalized spacial score (nSPS) is 10.6. The maximum Gasteiger partial charge on any atom is 0.322 e. The molecule has 18 heavy (non-hydrogen) atoms. The summed E-state index contributed by atoms with van der Waals surface area (Å²) in [5.41, 5.74) is 0. The first-order chi connectivity index (χ1) is 8.56. The maximum atomic E-state index is 9.38. The van der Waals surface area contributed by atoms with Gasteiger partial charge in [0.1, 0.15) is 6.61 Å². The second kappa shape index (κ2) is 5.28. The minimum atomic E-state index is -0.0725. The summed E-state index contributed by atoms with van der Waals surface area (Å²) in [4.78, 5) is 11.0. The number of ether oxygens (including phenoxy) is 1. The number of hydrogen-bond acceptors (Lipinski definition) is 6. The van der Waals surface area contributed by atoms with Crippen LogP contribution < -0.4 is 4.74 Å². The predicted molar refractivity (Wildman–Crippen MR) is 63.1 cm³/mol. The van der Waals surface area contributed by atoms with Gasteiger partial charge in [-0.3, -0.25) is 4.57 Å². The van der Waals surface area contributed by atoms with Crippen LogP contribution in [0.4, 0.5) is 0 Å². The van der Waals surface area contributed by atoms with E-state index in [0.717, 1.165) is 0 Å². The average Bonchev–Trinajstić information content (AvgIpc) is 2.59. The number of rotatable bonds is 4. The fourth-order valence-corrected chi connectivity index (χ4v) is 1.63. The third-order valence-electron chi connectivity index (χ3n) is 2.04. The van der Waals surface area contributed by atoms with E-state index in [0.29, 0.717) is 0 Å². The molecule has 0 unspecified atom stereocenters. The van der Waals surface area contributed by atoms with E-state index in [9.17, 15) is 10.2 Å². The van der Waals surface area contributed by atoms with E-state index < -0.39 is 0 Å². The smallest absolute Gasteiger partial charge is 0.322 e. The van der Waals surface area contributed by atoms with E-state index in [4.69, 9.17) is 27.9 Å². The Labute approximate surface area is 112 Å². The van der Waals surface area contributed by atoms with Gasteiger partial charge in [0, 0.05) is 12.1 Å². The highest BCUT2D eigenvalue weighted by molar-refractivity contribution is 6.31. The number of aromatic nitrogens is 4. The molecule has 0 radical (unpaired) electrons. The lowest BCUT2D eigenvalue weighted by Gasteiger charge is -2.07. The van der Waals surface area contributed by atoms with Gasteiger partial charge in [-0.05, 0) is 23.2 Å². The van der Waals surface area contributed by atoms with Crippen molar-refractivity contribution in [3.05, 3.63) is 22.7 Å². The number of halogens is 2. The summed E-state index contributed by atoms with van der Waals surface area (Å²) in [6.07, 6.45) is 0. The van der Waals surface area contributed by atoms with E-state index >= 15 is 0 Å². The maximum absolute atomic E-state index is 9.38. The van der Waals surface area contributed by atoms with Crippen LogP contribution in [0.25, 0.3) is 0 Å². The largest absolute Gasteiger partial charge is 0.494 e. The summed E-state index contributed by atoms with van der Waals surface area (Å²) in [5.74, 6) is -0.134. The van der Waals surface area contributed by atoms with Crippen molar-refractivity contribution in [3.8, 4) is 17.8 Å². The highest BCUT2D eigenvalue weighted by Gasteiger charge is 2.07. The Hall–Kier alpha value is -1.73. The van der Waals surface area contributed by atoms with E-state index in [2.05, 4.69) is 15.0 Å². The van der Waals surface area contributed by atoms with Crippen LogP contribution in [0.2, 0.25) is 10.6 Å². The Balaban J connectivity index is 1.96. The van der Waals surface area contributed by atoms with Gasteiger partial charge in [-0.2, -0.15) is 15.0 Å². The topological polar surface area (TPSA) is 93.3 Å². The first-order valence-electron chi connectivity index (χ1n) is 4.83. The van der Waals surface area contributed by atoms with Crippen molar-refractivity contribution in [3.63, 3.8) is 0 Å². The SMILES string of the molecule is Oc1ccc(O)n1CCOc1nc(Cl)nc(Cl)n1. The van der Waals surface area contributed by atoms with Gasteiger partial charge in [-0.1, -0.05) is 0 Å². The summed E-state index contributed by atoms with van der Waals surface area (Å²) in [6, 6.07) is 2.71. The number of aromatic hydroxyl groups is 2. The molecule has 0 spiro atoms. The molecule has 0 fully saturated rings. The zero-order chi connectivity index (χ0) is 13.1. The Morgan fingerprint density at radius 2 is 1.61 bits per heavy atom. The van der Waals surface area contributed by atoms with Crippen molar-refractivity contribution in [1.82, 2.24) is 19.5 Å². The highest BCUT2D eigenvalue weighted by Crippen LogP contribution is 2.20. The molecular weight excluding hydrogens is 283 g/mol. The van der Waals surface area contributed by atoms with E-state index in [1.165, 1.54) is 16.7 Å². The Bertz CT molecular complexity index is 521. The van der Waals surface area contributed by atoms with Gasteiger partial charge >= 0.3 is 6.01 Å². The fraction of sp³-hybridized carbons (Fsp3) is 0.222. The van der Waals surface area contributed by atoms with Gasteiger partial charge in [0.15, 0.2) is 11.8 Å². The first-order valence-corrected chi connectivity index (χ1v) is 5.59. The average molecular weight is 291 g/mol. The van der Waals surface area contributed by atoms with Crippen LogP contribution in [0, 0.1) is 0 Å². The zero-order valence-electron chi connectivity index (χ0n) is 8.92. The molecule has 2 N–H and O–H groups in total. The molecule has 0 aliphatic carbocycles. The molecule has 7 nitrogen and oxygen atoms in total. The molecule has 0 bridgehead atoms. The van der Waals surface area contributed by atoms with E-state index in [1.54, 1.807) is 0 Å². The molecule has 2 aromatic rings. The van der Waals surface area contributed by atoms with Gasteiger partial charge in [-0.15, -0.1) is 0 Å². The Morgan fingerprint density at radius 1 is 1.06 bits per heavy atom. The minimum absolute atomic E-state index is 0.0221. The minimum Gasteiger partial charge on any atom is -0.494 e. The number of nitrogens with zero attached hydrogens (tertiary/aromatic N) is 4. The molecule has 0 saturated carbocycles. The monoisotopic (exact) mass is 290 g/mol. The van der Waals surface area contributed by atoms with Crippen LogP contribution in [-0.2, 0) is 6.54 Å². The van der Waals surface area contributed by atoms with E-state index in [1.807, 2.05) is 0 Å². The summed E-state index contributed by atoms with van der Waals surface area (Å²) in [6.45, 7) is 0.331. The Morgan fingerprint density at radius 3 is 2.17 bits per heavy atom. The molecule has 0 atom stereocenters. The summed E-state index contributed by atoms with van der Waals surface area (Å²) in [5, 5.41) is 18.6. The number of hydrogen-bond donors (Lipinski definition) is 2. The lowest BCUT2D eigenvalue weighted by atomic mass is 10.6. The van der Waals surface area contributed by atoms with Crippen LogP contribution in [0.3, 0.4) is 0 Å². The summed E-state index contributed by atoms with van der Waals surface area (Å²) in [7, 11) is 0. The molecule has 2 rings (SSSR count). The van der Waals surface area contributed by atoms with Crippen LogP contribution in [-0.4, -0.2) is 36.3 Å². The highest BCUT2D eigenvalue weighted by atomic mass is 35.5. The van der Waals surface area contributed by atoms with Gasteiger partial charge in [0.2, 0.25) is 10.6 Å². The first kappa shape index (κ1) is 12.7. The predicted octanol–water partition coefficient (Wildman–Crippen LogP) is 1.47. The standard InChI is InChI=1S/C9H8Cl2N4O3/c10-7-12-8(11)14-9(13-7)18-4-3-15-5(16)1-2-6(15)17/h1-2,16-17H,3-4H2. The van der Waals surface area contributed by atoms with Crippen LogP contribution in [0.15, 0.2) is 12.1 Å². The second-order valence-electron chi connectivity index (χ2n) is 3.21. The molecule has 0 amide bonds. The zero-order valence-corrected chi connectivity index (χ0v) is 10.4. The molecule has 2 aromatic heterocycles. The second-order valence-corrected chi connectivity index (χ2v) is 3.88. The van der Waals surface area contributed by atoms with Crippen molar-refractivity contribution in [2.24, 2.45) is 0 Å². The van der Waals surface area contributed by atoms with Crippen molar-refractivity contribution in [2.45, 2.75) is 6.54 Å². The van der Waals surface area contributed by atoms with Crippen molar-refractivity contribution in [2.75, 3.05) is 6.61 Å². The lowest BCUT2D eigenvalue weighted by molar-refractivity contribution is 0.257. The summed E-state index contributed by atoms with van der Waals surface area (Å²) >= 11 is 11.1. The van der Waals surface area contributed by atoms with Gasteiger partial charge in [0.05, 0.1) is 6.54 Å². The van der Waals surface area contributed by atoms with Crippen LogP contribution >= 0.6 is 23.2 Å².